The molecule has 1 aliphatic heterocycles. The number of aliphatic imine (C=N–C) groups is 1. The van der Waals surface area contributed by atoms with Crippen LogP contribution in [0.1, 0.15) is 52.3 Å². The molecule has 0 fully saturated rings. The summed E-state index contributed by atoms with van der Waals surface area (Å²) in [5.74, 6) is 6.18. The number of aromatic nitrogens is 1. The summed E-state index contributed by atoms with van der Waals surface area (Å²) in [6.07, 6.45) is -5.01. The molecule has 0 radical (unpaired) electrons. The van der Waals surface area contributed by atoms with Crippen LogP contribution >= 0.6 is 0 Å². The van der Waals surface area contributed by atoms with Crippen molar-refractivity contribution in [2.24, 2.45) is 4.99 Å². The molecule has 0 amide bonds. The Morgan fingerprint density at radius 1 is 0.788 bits per heavy atom. The number of nitriles is 1. The van der Waals surface area contributed by atoms with Crippen molar-refractivity contribution in [3.05, 3.63) is 160 Å². The highest BCUT2D eigenvalue weighted by molar-refractivity contribution is 5.79. The number of methoxy groups -OCH3 is 2. The Kier molecular flexibility index (Phi) is 9.89. The van der Waals surface area contributed by atoms with E-state index in [-0.39, 0.29) is 5.56 Å². The number of nitrogens with one attached hydrogen (secondary N) is 1. The van der Waals surface area contributed by atoms with Crippen molar-refractivity contribution in [1.29, 1.82) is 5.26 Å². The minimum Gasteiger partial charge on any atom is -0.497 e. The average molecular weight is 705 g/mol. The van der Waals surface area contributed by atoms with Gasteiger partial charge in [0.1, 0.15) is 28.9 Å². The van der Waals surface area contributed by atoms with Crippen LogP contribution < -0.4 is 14.8 Å². The molecule has 11 heteroatoms. The van der Waals surface area contributed by atoms with E-state index >= 15 is 4.39 Å². The monoisotopic (exact) mass is 704 g/mol. The van der Waals surface area contributed by atoms with Crippen LogP contribution in [0.4, 0.5) is 17.6 Å². The number of hydrogen-bond acceptors (Lipinski definition) is 7. The Morgan fingerprint density at radius 2 is 1.37 bits per heavy atom. The number of alkyl halides is 3. The Bertz CT molecular complexity index is 2140. The van der Waals surface area contributed by atoms with Crippen molar-refractivity contribution < 1.29 is 31.8 Å². The summed E-state index contributed by atoms with van der Waals surface area (Å²) >= 11 is 0. The van der Waals surface area contributed by atoms with Gasteiger partial charge in [-0.15, -0.1) is 0 Å². The zero-order chi connectivity index (χ0) is 36.9. The molecule has 6 rings (SSSR count). The predicted molar refractivity (Wildman–Crippen MR) is 187 cm³/mol. The second kappa shape index (κ2) is 14.5. The van der Waals surface area contributed by atoms with E-state index in [1.807, 2.05) is 36.4 Å². The zero-order valence-electron chi connectivity index (χ0n) is 28.3. The molecule has 7 nitrogen and oxygen atoms in total. The fourth-order valence-electron chi connectivity index (χ4n) is 6.22. The second-order valence-corrected chi connectivity index (χ2v) is 12.3. The number of amidine groups is 1. The van der Waals surface area contributed by atoms with Crippen molar-refractivity contribution in [3.8, 4) is 29.4 Å². The van der Waals surface area contributed by atoms with Crippen LogP contribution in [0, 0.1) is 29.0 Å². The molecule has 0 unspecified atom stereocenters. The van der Waals surface area contributed by atoms with Gasteiger partial charge in [-0.25, -0.2) is 9.38 Å². The molecule has 0 saturated heterocycles. The molecular weight excluding hydrogens is 672 g/mol. The van der Waals surface area contributed by atoms with Crippen LogP contribution in [0.5, 0.6) is 11.5 Å². The van der Waals surface area contributed by atoms with E-state index in [0.717, 1.165) is 6.07 Å². The molecule has 1 aliphatic rings. The molecule has 1 aromatic heterocycles. The Balaban J connectivity index is 1.52. The molecule has 262 valence electrons. The number of pyridine rings is 1. The van der Waals surface area contributed by atoms with E-state index in [9.17, 15) is 18.4 Å². The Labute approximate surface area is 298 Å². The van der Waals surface area contributed by atoms with Crippen LogP contribution in [0.25, 0.3) is 0 Å². The van der Waals surface area contributed by atoms with E-state index < -0.39 is 41.6 Å². The van der Waals surface area contributed by atoms with Crippen LogP contribution in [0.2, 0.25) is 0 Å². The van der Waals surface area contributed by atoms with E-state index in [4.69, 9.17) is 19.2 Å². The van der Waals surface area contributed by atoms with Gasteiger partial charge in [0, 0.05) is 35.5 Å². The van der Waals surface area contributed by atoms with Crippen molar-refractivity contribution >= 4 is 6.02 Å². The minimum absolute atomic E-state index is 0.0979. The van der Waals surface area contributed by atoms with Gasteiger partial charge >= 0.3 is 6.18 Å². The van der Waals surface area contributed by atoms with Crippen molar-refractivity contribution in [1.82, 2.24) is 10.3 Å². The molecule has 5 aromatic rings. The summed E-state index contributed by atoms with van der Waals surface area (Å²) in [7, 11) is 3.07. The van der Waals surface area contributed by atoms with Crippen molar-refractivity contribution in [2.45, 2.75) is 36.7 Å². The molecule has 0 saturated carbocycles. The number of halogens is 4. The Hall–Kier alpha value is -6.33. The van der Waals surface area contributed by atoms with Crippen LogP contribution in [-0.2, 0) is 15.8 Å². The second-order valence-electron chi connectivity index (χ2n) is 12.3. The van der Waals surface area contributed by atoms with Gasteiger partial charge < -0.3 is 19.5 Å². The third-order valence-corrected chi connectivity index (χ3v) is 8.86. The third-order valence-electron chi connectivity index (χ3n) is 8.86. The van der Waals surface area contributed by atoms with Crippen LogP contribution in [-0.4, -0.2) is 37.5 Å². The van der Waals surface area contributed by atoms with Gasteiger partial charge in [-0.2, -0.15) is 18.4 Å². The van der Waals surface area contributed by atoms with Gasteiger partial charge in [-0.1, -0.05) is 66.4 Å². The first-order valence-electron chi connectivity index (χ1n) is 16.1. The number of hydrogen-bond donors (Lipinski definition) is 1. The molecular formula is C41H32F4N4O3. The molecule has 0 spiro atoms. The maximum atomic E-state index is 15.8. The first-order valence-corrected chi connectivity index (χ1v) is 16.1. The lowest BCUT2D eigenvalue weighted by Gasteiger charge is -2.42. The van der Waals surface area contributed by atoms with E-state index in [1.165, 1.54) is 45.7 Å². The lowest BCUT2D eigenvalue weighted by Crippen LogP contribution is -2.54. The minimum atomic E-state index is -4.83. The summed E-state index contributed by atoms with van der Waals surface area (Å²) in [5, 5.41) is 12.5. The van der Waals surface area contributed by atoms with Crippen molar-refractivity contribution in [2.75, 3.05) is 14.2 Å². The maximum absolute atomic E-state index is 15.8. The van der Waals surface area contributed by atoms with Crippen molar-refractivity contribution in [3.63, 3.8) is 0 Å². The van der Waals surface area contributed by atoms with Gasteiger partial charge in [0.05, 0.1) is 25.3 Å². The van der Waals surface area contributed by atoms with Crippen LogP contribution in [0.3, 0.4) is 0 Å². The number of benzene rings is 4. The van der Waals surface area contributed by atoms with Gasteiger partial charge in [-0.3, -0.25) is 4.98 Å². The number of rotatable bonds is 7. The fourth-order valence-corrected chi connectivity index (χ4v) is 6.22. The number of nitrogens with zero attached hydrogens (tertiary/aromatic N) is 3. The van der Waals surface area contributed by atoms with Gasteiger partial charge in [0.25, 0.3) is 6.02 Å². The predicted octanol–water partition coefficient (Wildman–Crippen LogP) is 8.01. The first kappa shape index (κ1) is 35.5. The lowest BCUT2D eigenvalue weighted by molar-refractivity contribution is -0.209. The molecule has 0 bridgehead atoms. The van der Waals surface area contributed by atoms with E-state index in [2.05, 4.69) is 22.1 Å². The summed E-state index contributed by atoms with van der Waals surface area (Å²) in [6.45, 7) is 1.44. The quantitative estimate of drug-likeness (QED) is 0.105. The third kappa shape index (κ3) is 7.26. The standard InChI is InChI=1S/C41H32F4N4O3/c1-39(35-22-27(11-20-36(35)42)9-10-28-21-29(24-46)26-47-25-28)23-37(41(43,44)45)52-38(48-39)49-40(30-7-5-4-6-8-30,31-12-16-33(50-2)17-13-31)32-14-18-34(51-3)19-15-32/h4-8,11-22,25-26,37H,23H2,1-3H3,(H,48,49)/t37-,39+/m0/s1. The molecule has 2 atom stereocenters. The highest BCUT2D eigenvalue weighted by Crippen LogP contribution is 2.44. The normalized spacial score (nSPS) is 17.0. The van der Waals surface area contributed by atoms with E-state index in [0.29, 0.717) is 44.9 Å². The average Bonchev–Trinajstić information content (AvgIpc) is 3.16. The lowest BCUT2D eigenvalue weighted by atomic mass is 9.77. The molecule has 2 heterocycles. The van der Waals surface area contributed by atoms with Gasteiger partial charge in [-0.05, 0) is 72.1 Å². The number of ether oxygens (including phenoxy) is 3. The summed E-state index contributed by atoms with van der Waals surface area (Å²) in [4.78, 5) is 8.71. The Morgan fingerprint density at radius 3 is 1.94 bits per heavy atom. The summed E-state index contributed by atoms with van der Waals surface area (Å²) in [5.41, 5.74) is -0.226. The fraction of sp³-hybridized carbons (Fsp3) is 0.195. The topological polar surface area (TPSA) is 88.8 Å². The zero-order valence-corrected chi connectivity index (χ0v) is 28.3. The largest absolute Gasteiger partial charge is 0.497 e. The van der Waals surface area contributed by atoms with Gasteiger partial charge in [0.2, 0.25) is 0 Å². The smallest absolute Gasteiger partial charge is 0.425 e. The highest BCUT2D eigenvalue weighted by Gasteiger charge is 2.51. The SMILES string of the molecule is COc1ccc(C(NC2=N[C@@](C)(c3cc(C#Cc4cncc(C#N)c4)ccc3F)C[C@@H](C(F)(F)F)O2)(c2ccccc2)c2ccc(OC)cc2)cc1. The molecule has 0 aliphatic carbocycles. The van der Waals surface area contributed by atoms with Gasteiger partial charge in [0.15, 0.2) is 6.10 Å². The molecule has 52 heavy (non-hydrogen) atoms. The molecule has 1 N–H and O–H groups in total. The summed E-state index contributed by atoms with van der Waals surface area (Å²) < 4.78 is 76.4. The first-order chi connectivity index (χ1) is 25.0. The van der Waals surface area contributed by atoms with E-state index in [1.54, 1.807) is 54.6 Å². The maximum Gasteiger partial charge on any atom is 0.425 e. The highest BCUT2D eigenvalue weighted by atomic mass is 19.4. The van der Waals surface area contributed by atoms with Crippen LogP contribution in [0.15, 0.2) is 121 Å². The summed E-state index contributed by atoms with van der Waals surface area (Å²) in [6, 6.07) is 30.4. The molecule has 4 aromatic carbocycles.